The Morgan fingerprint density at radius 3 is 2.44 bits per heavy atom. The molecular formula is C23H32N2O6S. The van der Waals surface area contributed by atoms with Crippen LogP contribution in [0, 0.1) is 5.92 Å². The van der Waals surface area contributed by atoms with Crippen LogP contribution in [0.2, 0.25) is 0 Å². The number of carboxylic acid groups (broad SMARTS) is 1. The molecule has 32 heavy (non-hydrogen) atoms. The van der Waals surface area contributed by atoms with Crippen molar-refractivity contribution >= 4 is 29.5 Å². The van der Waals surface area contributed by atoms with Gasteiger partial charge in [-0.05, 0) is 44.7 Å². The van der Waals surface area contributed by atoms with Gasteiger partial charge in [-0.3, -0.25) is 9.59 Å². The van der Waals surface area contributed by atoms with Crippen LogP contribution in [0.1, 0.15) is 47.5 Å². The fourth-order valence-corrected chi connectivity index (χ4v) is 6.17. The van der Waals surface area contributed by atoms with Crippen LogP contribution in [0.3, 0.4) is 0 Å². The van der Waals surface area contributed by atoms with Gasteiger partial charge >= 0.3 is 5.97 Å². The van der Waals surface area contributed by atoms with Crippen molar-refractivity contribution in [3.05, 3.63) is 24.3 Å². The van der Waals surface area contributed by atoms with Gasteiger partial charge in [0.15, 0.2) is 17.1 Å². The van der Waals surface area contributed by atoms with E-state index in [4.69, 9.17) is 9.47 Å². The molecule has 2 fully saturated rings. The molecule has 8 nitrogen and oxygen atoms in total. The number of β-lactam (4-membered cyclic amide) rings is 1. The number of carbonyl (C=O) groups is 3. The van der Waals surface area contributed by atoms with Crippen LogP contribution in [0.25, 0.3) is 0 Å². The number of aliphatic carboxylic acids is 1. The Bertz CT molecular complexity index is 904. The topological polar surface area (TPSA) is 105 Å². The van der Waals surface area contributed by atoms with E-state index in [-0.39, 0.29) is 17.7 Å². The lowest BCUT2D eigenvalue weighted by Crippen LogP contribution is -2.72. The van der Waals surface area contributed by atoms with Crippen molar-refractivity contribution in [1.29, 1.82) is 0 Å². The average molecular weight is 465 g/mol. The Labute approximate surface area is 193 Å². The van der Waals surface area contributed by atoms with Gasteiger partial charge in [0.1, 0.15) is 17.5 Å². The highest BCUT2D eigenvalue weighted by Crippen LogP contribution is 2.51. The normalized spacial score (nSPS) is 25.5. The minimum absolute atomic E-state index is 0.153. The molecule has 2 heterocycles. The van der Waals surface area contributed by atoms with E-state index in [2.05, 4.69) is 5.32 Å². The van der Waals surface area contributed by atoms with E-state index < -0.39 is 33.8 Å². The summed E-state index contributed by atoms with van der Waals surface area (Å²) in [5, 5.41) is 12.1. The smallest absolute Gasteiger partial charge is 0.327 e. The highest BCUT2D eigenvalue weighted by Gasteiger charge is 2.64. The van der Waals surface area contributed by atoms with Crippen LogP contribution in [0.5, 0.6) is 11.5 Å². The number of amides is 2. The van der Waals surface area contributed by atoms with Gasteiger partial charge in [-0.1, -0.05) is 32.9 Å². The Morgan fingerprint density at radius 2 is 1.91 bits per heavy atom. The molecule has 2 amide bonds. The Kier molecular flexibility index (Phi) is 6.70. The van der Waals surface area contributed by atoms with Crippen molar-refractivity contribution in [2.24, 2.45) is 5.92 Å². The van der Waals surface area contributed by atoms with E-state index in [1.54, 1.807) is 26.0 Å². The van der Waals surface area contributed by atoms with Crippen molar-refractivity contribution < 1.29 is 29.0 Å². The number of hydrogen-bond acceptors (Lipinski definition) is 6. The highest BCUT2D eigenvalue weighted by molar-refractivity contribution is 8.01. The fraction of sp³-hybridized carbons (Fsp3) is 0.609. The summed E-state index contributed by atoms with van der Waals surface area (Å²) in [4.78, 5) is 39.5. The summed E-state index contributed by atoms with van der Waals surface area (Å²) in [6, 6.07) is 5.44. The molecule has 2 aliphatic rings. The molecule has 2 saturated heterocycles. The van der Waals surface area contributed by atoms with Gasteiger partial charge in [-0.2, -0.15) is 0 Å². The number of methoxy groups -OCH3 is 1. The van der Waals surface area contributed by atoms with Gasteiger partial charge in [0, 0.05) is 4.75 Å². The van der Waals surface area contributed by atoms with Gasteiger partial charge in [-0.25, -0.2) is 4.79 Å². The number of fused-ring (bicyclic) bond motifs is 1. The van der Waals surface area contributed by atoms with E-state index >= 15 is 0 Å². The lowest BCUT2D eigenvalue weighted by molar-refractivity contribution is -0.162. The highest BCUT2D eigenvalue weighted by atomic mass is 32.2. The molecule has 176 valence electrons. The first kappa shape index (κ1) is 24.2. The minimum atomic E-state index is -1.20. The summed E-state index contributed by atoms with van der Waals surface area (Å²) < 4.78 is 11.0. The zero-order chi connectivity index (χ0) is 23.8. The van der Waals surface area contributed by atoms with E-state index in [1.165, 1.54) is 23.8 Å². The van der Waals surface area contributed by atoms with Gasteiger partial charge in [0.2, 0.25) is 5.91 Å². The predicted molar refractivity (Wildman–Crippen MR) is 122 cm³/mol. The van der Waals surface area contributed by atoms with Crippen LogP contribution in [0.15, 0.2) is 24.3 Å². The molecule has 0 saturated carbocycles. The Balaban J connectivity index is 1.85. The zero-order valence-electron chi connectivity index (χ0n) is 19.4. The summed E-state index contributed by atoms with van der Waals surface area (Å²) in [7, 11) is 1.54. The van der Waals surface area contributed by atoms with Crippen LogP contribution in [0.4, 0.5) is 0 Å². The molecule has 1 aromatic rings. The van der Waals surface area contributed by atoms with Crippen LogP contribution >= 0.6 is 11.8 Å². The lowest BCUT2D eigenvalue weighted by Gasteiger charge is -2.45. The summed E-state index contributed by atoms with van der Waals surface area (Å²) in [6.07, 6.45) is 0.833. The summed E-state index contributed by atoms with van der Waals surface area (Å²) in [5.74, 6) is -0.664. The fourth-order valence-electron chi connectivity index (χ4n) is 4.55. The maximum atomic E-state index is 13.6. The Hall–Kier alpha value is -2.42. The maximum Gasteiger partial charge on any atom is 0.327 e. The van der Waals surface area contributed by atoms with E-state index in [0.29, 0.717) is 24.3 Å². The SMILES string of the molecule is CCC(CC(C)C)(Oc1ccccc1OC)C(=O)N[C@@H]1C(=O)N2[C@@H]1SC(C)(C)[C@@H]2C(=O)O. The minimum Gasteiger partial charge on any atom is -0.493 e. The number of ether oxygens (including phenoxy) is 2. The molecule has 0 bridgehead atoms. The summed E-state index contributed by atoms with van der Waals surface area (Å²) in [5.41, 5.74) is -1.20. The average Bonchev–Trinajstić information content (AvgIpc) is 2.99. The number of hydrogen-bond donors (Lipinski definition) is 2. The summed E-state index contributed by atoms with van der Waals surface area (Å²) >= 11 is 1.40. The number of carboxylic acids is 1. The van der Waals surface area contributed by atoms with E-state index in [1.807, 2.05) is 32.9 Å². The van der Waals surface area contributed by atoms with Crippen molar-refractivity contribution in [2.45, 2.75) is 75.3 Å². The molecule has 0 aromatic heterocycles. The van der Waals surface area contributed by atoms with Crippen molar-refractivity contribution in [3.63, 3.8) is 0 Å². The summed E-state index contributed by atoms with van der Waals surface area (Å²) in [6.45, 7) is 9.50. The van der Waals surface area contributed by atoms with Crippen molar-refractivity contribution in [3.8, 4) is 11.5 Å². The second kappa shape index (κ2) is 8.84. The molecule has 2 aliphatic heterocycles. The molecule has 0 spiro atoms. The lowest BCUT2D eigenvalue weighted by atomic mass is 9.87. The largest absolute Gasteiger partial charge is 0.493 e. The van der Waals surface area contributed by atoms with Crippen molar-refractivity contribution in [2.75, 3.05) is 7.11 Å². The number of rotatable bonds is 9. The predicted octanol–water partition coefficient (Wildman–Crippen LogP) is 2.90. The quantitative estimate of drug-likeness (QED) is 0.542. The number of nitrogens with one attached hydrogen (secondary N) is 1. The molecule has 4 atom stereocenters. The second-order valence-electron chi connectivity index (χ2n) is 9.25. The third-order valence-electron chi connectivity index (χ3n) is 6.06. The number of benzene rings is 1. The second-order valence-corrected chi connectivity index (χ2v) is 11.0. The first-order chi connectivity index (χ1) is 15.0. The van der Waals surface area contributed by atoms with Crippen LogP contribution in [-0.4, -0.2) is 62.7 Å². The maximum absolute atomic E-state index is 13.6. The molecule has 1 unspecified atom stereocenters. The zero-order valence-corrected chi connectivity index (χ0v) is 20.2. The van der Waals surface area contributed by atoms with Gasteiger partial charge in [0.05, 0.1) is 7.11 Å². The molecule has 0 aliphatic carbocycles. The van der Waals surface area contributed by atoms with E-state index in [9.17, 15) is 19.5 Å². The first-order valence-corrected chi connectivity index (χ1v) is 11.7. The number of thioether (sulfide) groups is 1. The number of carbonyl (C=O) groups excluding carboxylic acids is 2. The molecule has 2 N–H and O–H groups in total. The first-order valence-electron chi connectivity index (χ1n) is 10.8. The Morgan fingerprint density at radius 1 is 1.28 bits per heavy atom. The monoisotopic (exact) mass is 464 g/mol. The van der Waals surface area contributed by atoms with Gasteiger partial charge in [0.25, 0.3) is 5.91 Å². The standard InChI is InChI=1S/C23H32N2O6S/c1-7-23(12-13(2)3,31-15-11-9-8-10-14(15)30-6)21(29)24-16-18(26)25-17(20(27)28)22(4,5)32-19(16)25/h8-11,13,16-17,19H,7,12H2,1-6H3,(H,24,29)(H,27,28)/t16-,17+,19-,23?/m1/s1. The van der Waals surface area contributed by atoms with Crippen LogP contribution in [-0.2, 0) is 14.4 Å². The van der Waals surface area contributed by atoms with E-state index in [0.717, 1.165) is 0 Å². The van der Waals surface area contributed by atoms with Gasteiger partial charge in [-0.15, -0.1) is 11.8 Å². The molecule has 3 rings (SSSR count). The molecule has 1 aromatic carbocycles. The molecule has 0 radical (unpaired) electrons. The van der Waals surface area contributed by atoms with Crippen molar-refractivity contribution in [1.82, 2.24) is 10.2 Å². The third-order valence-corrected chi connectivity index (χ3v) is 7.63. The number of nitrogens with zero attached hydrogens (tertiary/aromatic N) is 1. The van der Waals surface area contributed by atoms with Crippen LogP contribution < -0.4 is 14.8 Å². The molecule has 9 heteroatoms. The third kappa shape index (κ3) is 4.14. The van der Waals surface area contributed by atoms with Gasteiger partial charge < -0.3 is 24.8 Å². The number of para-hydroxylation sites is 2. The molecular weight excluding hydrogens is 432 g/mol.